The van der Waals surface area contributed by atoms with Crippen molar-refractivity contribution in [2.45, 2.75) is 0 Å². The van der Waals surface area contributed by atoms with Gasteiger partial charge in [0.15, 0.2) is 5.17 Å². The molecule has 16 heavy (non-hydrogen) atoms. The first-order chi connectivity index (χ1) is 6.95. The van der Waals surface area contributed by atoms with Crippen LogP contribution in [0.15, 0.2) is 4.99 Å². The molecule has 96 valence electrons. The van der Waals surface area contributed by atoms with Gasteiger partial charge in [0.05, 0.1) is 19.8 Å². The summed E-state index contributed by atoms with van der Waals surface area (Å²) >= 11 is 1.83. The Morgan fingerprint density at radius 3 is 2.69 bits per heavy atom. The highest BCUT2D eigenvalue weighted by molar-refractivity contribution is 8.13. The minimum absolute atomic E-state index is 0. The first kappa shape index (κ1) is 16.3. The number of hydrogen-bond donors (Lipinski definition) is 1. The normalized spacial score (nSPS) is 20.4. The summed E-state index contributed by atoms with van der Waals surface area (Å²) in [5.74, 6) is 1.13. The van der Waals surface area contributed by atoms with Crippen molar-refractivity contribution in [3.63, 3.8) is 0 Å². The van der Waals surface area contributed by atoms with Crippen LogP contribution in [-0.4, -0.2) is 61.8 Å². The fourth-order valence-corrected chi connectivity index (χ4v) is 2.50. The summed E-state index contributed by atoms with van der Waals surface area (Å²) in [4.78, 5) is 6.79. The van der Waals surface area contributed by atoms with E-state index >= 15 is 0 Å². The summed E-state index contributed by atoms with van der Waals surface area (Å²) in [5, 5.41) is 4.39. The molecule has 2 aliphatic rings. The van der Waals surface area contributed by atoms with Crippen LogP contribution in [0.2, 0.25) is 0 Å². The molecule has 1 fully saturated rings. The Morgan fingerprint density at radius 2 is 2.06 bits per heavy atom. The van der Waals surface area contributed by atoms with Crippen LogP contribution in [-0.2, 0) is 4.74 Å². The third kappa shape index (κ3) is 5.59. The van der Waals surface area contributed by atoms with Crippen molar-refractivity contribution < 1.29 is 4.74 Å². The van der Waals surface area contributed by atoms with E-state index in [1.807, 2.05) is 11.8 Å². The summed E-state index contributed by atoms with van der Waals surface area (Å²) in [6.45, 7) is 7.06. The Kier molecular flexibility index (Phi) is 9.55. The van der Waals surface area contributed by atoms with Crippen LogP contribution >= 0.6 is 36.6 Å². The summed E-state index contributed by atoms with van der Waals surface area (Å²) in [6, 6.07) is 0. The van der Waals surface area contributed by atoms with E-state index < -0.39 is 0 Å². The van der Waals surface area contributed by atoms with Gasteiger partial charge in [-0.25, -0.2) is 0 Å². The quantitative estimate of drug-likeness (QED) is 0.835. The van der Waals surface area contributed by atoms with Gasteiger partial charge in [-0.15, -0.1) is 24.8 Å². The Morgan fingerprint density at radius 1 is 1.31 bits per heavy atom. The number of halogens is 2. The second kappa shape index (κ2) is 9.36. The van der Waals surface area contributed by atoms with Gasteiger partial charge in [-0.1, -0.05) is 11.8 Å². The molecule has 2 aliphatic heterocycles. The van der Waals surface area contributed by atoms with Crippen LogP contribution in [0.1, 0.15) is 0 Å². The Balaban J connectivity index is 0.00000112. The zero-order valence-electron chi connectivity index (χ0n) is 9.18. The van der Waals surface area contributed by atoms with Gasteiger partial charge in [-0.3, -0.25) is 9.89 Å². The molecule has 0 aromatic carbocycles. The highest BCUT2D eigenvalue weighted by Gasteiger charge is 2.11. The van der Waals surface area contributed by atoms with Gasteiger partial charge < -0.3 is 10.1 Å². The van der Waals surface area contributed by atoms with E-state index in [2.05, 4.69) is 15.2 Å². The molecule has 0 saturated carbocycles. The van der Waals surface area contributed by atoms with E-state index in [1.165, 1.54) is 0 Å². The average Bonchev–Trinajstić information content (AvgIpc) is 2.72. The molecule has 1 saturated heterocycles. The standard InChI is InChI=1S/C9H17N3OS.2ClH/c1-2-11-9(10-1)14-8-5-12-3-6-13-7-4-12;;/h1-8H2,(H,10,11);2*1H. The smallest absolute Gasteiger partial charge is 0.156 e. The summed E-state index contributed by atoms with van der Waals surface area (Å²) in [6.07, 6.45) is 0. The number of ether oxygens (including phenoxy) is 1. The lowest BCUT2D eigenvalue weighted by atomic mass is 10.4. The Bertz CT molecular complexity index is 213. The second-order valence-electron chi connectivity index (χ2n) is 3.42. The van der Waals surface area contributed by atoms with Gasteiger partial charge in [-0.05, 0) is 0 Å². The van der Waals surface area contributed by atoms with Gasteiger partial charge >= 0.3 is 0 Å². The lowest BCUT2D eigenvalue weighted by Crippen LogP contribution is -2.37. The summed E-state index contributed by atoms with van der Waals surface area (Å²) in [5.41, 5.74) is 0. The van der Waals surface area contributed by atoms with Crippen LogP contribution in [0.25, 0.3) is 0 Å². The lowest BCUT2D eigenvalue weighted by molar-refractivity contribution is 0.0410. The molecule has 0 radical (unpaired) electrons. The Hall–Kier alpha value is 0.320. The molecule has 0 aromatic heterocycles. The maximum Gasteiger partial charge on any atom is 0.156 e. The van der Waals surface area contributed by atoms with Gasteiger partial charge in [0.2, 0.25) is 0 Å². The zero-order valence-corrected chi connectivity index (χ0v) is 11.6. The van der Waals surface area contributed by atoms with Crippen molar-refractivity contribution in [1.29, 1.82) is 0 Å². The van der Waals surface area contributed by atoms with Crippen molar-refractivity contribution >= 4 is 41.7 Å². The van der Waals surface area contributed by atoms with Gasteiger partial charge in [0.1, 0.15) is 0 Å². The zero-order chi connectivity index (χ0) is 9.64. The molecular weight excluding hydrogens is 269 g/mol. The maximum atomic E-state index is 5.29. The molecule has 7 heteroatoms. The summed E-state index contributed by atoms with van der Waals surface area (Å²) in [7, 11) is 0. The van der Waals surface area contributed by atoms with Crippen LogP contribution < -0.4 is 5.32 Å². The molecule has 0 bridgehead atoms. The molecular formula is C9H19Cl2N3OS. The van der Waals surface area contributed by atoms with E-state index in [-0.39, 0.29) is 24.8 Å². The molecule has 4 nitrogen and oxygen atoms in total. The van der Waals surface area contributed by atoms with Crippen LogP contribution in [0, 0.1) is 0 Å². The fraction of sp³-hybridized carbons (Fsp3) is 0.889. The van der Waals surface area contributed by atoms with Crippen molar-refractivity contribution in [1.82, 2.24) is 10.2 Å². The van der Waals surface area contributed by atoms with E-state index in [0.717, 1.165) is 56.9 Å². The van der Waals surface area contributed by atoms with Crippen LogP contribution in [0.3, 0.4) is 0 Å². The number of nitrogens with one attached hydrogen (secondary N) is 1. The minimum atomic E-state index is 0. The SMILES string of the molecule is C1CNC(SCCN2CCOCC2)=N1.Cl.Cl. The molecule has 2 heterocycles. The Labute approximate surface area is 113 Å². The van der Waals surface area contributed by atoms with Crippen LogP contribution in [0.4, 0.5) is 0 Å². The number of hydrogen-bond acceptors (Lipinski definition) is 5. The van der Waals surface area contributed by atoms with E-state index in [0.29, 0.717) is 0 Å². The van der Waals surface area contributed by atoms with Crippen molar-refractivity contribution in [2.75, 3.05) is 51.7 Å². The molecule has 0 spiro atoms. The van der Waals surface area contributed by atoms with Crippen molar-refractivity contribution in [3.8, 4) is 0 Å². The average molecular weight is 288 g/mol. The van der Waals surface area contributed by atoms with Crippen molar-refractivity contribution in [3.05, 3.63) is 0 Å². The molecule has 0 unspecified atom stereocenters. The molecule has 2 rings (SSSR count). The number of aliphatic imine (C=N–C) groups is 1. The largest absolute Gasteiger partial charge is 0.379 e. The predicted octanol–water partition coefficient (Wildman–Crippen LogP) is 0.855. The van der Waals surface area contributed by atoms with E-state index in [4.69, 9.17) is 4.74 Å². The number of nitrogens with zero attached hydrogens (tertiary/aromatic N) is 2. The predicted molar refractivity (Wildman–Crippen MR) is 74.5 cm³/mol. The third-order valence-electron chi connectivity index (χ3n) is 2.39. The third-order valence-corrected chi connectivity index (χ3v) is 3.33. The van der Waals surface area contributed by atoms with Gasteiger partial charge in [0, 0.05) is 31.9 Å². The number of rotatable bonds is 3. The number of amidine groups is 1. The minimum Gasteiger partial charge on any atom is -0.379 e. The monoisotopic (exact) mass is 287 g/mol. The highest BCUT2D eigenvalue weighted by atomic mass is 35.5. The molecule has 0 aromatic rings. The molecule has 0 amide bonds. The first-order valence-corrected chi connectivity index (χ1v) is 6.15. The topological polar surface area (TPSA) is 36.9 Å². The van der Waals surface area contributed by atoms with Crippen molar-refractivity contribution in [2.24, 2.45) is 4.99 Å². The molecule has 1 N–H and O–H groups in total. The fourth-order valence-electron chi connectivity index (χ4n) is 1.57. The molecule has 0 aliphatic carbocycles. The highest BCUT2D eigenvalue weighted by Crippen LogP contribution is 2.06. The van der Waals surface area contributed by atoms with Gasteiger partial charge in [0.25, 0.3) is 0 Å². The van der Waals surface area contributed by atoms with E-state index in [9.17, 15) is 0 Å². The van der Waals surface area contributed by atoms with E-state index in [1.54, 1.807) is 0 Å². The first-order valence-electron chi connectivity index (χ1n) is 5.16. The second-order valence-corrected chi connectivity index (χ2v) is 4.50. The number of thioether (sulfide) groups is 1. The van der Waals surface area contributed by atoms with Crippen LogP contribution in [0.5, 0.6) is 0 Å². The number of morpholine rings is 1. The van der Waals surface area contributed by atoms with Gasteiger partial charge in [-0.2, -0.15) is 0 Å². The summed E-state index contributed by atoms with van der Waals surface area (Å²) < 4.78 is 5.29. The lowest BCUT2D eigenvalue weighted by Gasteiger charge is -2.26. The molecule has 0 atom stereocenters. The maximum absolute atomic E-state index is 5.29.